The van der Waals surface area contributed by atoms with E-state index in [1.54, 1.807) is 0 Å². The Morgan fingerprint density at radius 2 is 1.31 bits per heavy atom. The van der Waals surface area contributed by atoms with Crippen LogP contribution in [0, 0.1) is 5.92 Å². The first-order valence-electron chi connectivity index (χ1n) is 2.32. The third-order valence-corrected chi connectivity index (χ3v) is 0.575. The zero-order valence-corrected chi connectivity index (χ0v) is 8.86. The molecule has 0 amide bonds. The van der Waals surface area contributed by atoms with Gasteiger partial charge in [-0.1, -0.05) is 13.8 Å². The molecule has 0 radical (unpaired) electrons. The van der Waals surface area contributed by atoms with Crippen LogP contribution in [-0.4, -0.2) is 5.97 Å². The molecular formula is C5H19CoN5O2-3. The van der Waals surface area contributed by atoms with Crippen molar-refractivity contribution in [1.29, 1.82) is 0 Å². The monoisotopic (exact) mass is 240 g/mol. The van der Waals surface area contributed by atoms with Crippen molar-refractivity contribution in [1.82, 2.24) is 0 Å². The molecule has 0 aliphatic heterocycles. The van der Waals surface area contributed by atoms with Crippen LogP contribution in [-0.2, 0) is 21.6 Å². The Labute approximate surface area is 90.2 Å². The van der Waals surface area contributed by atoms with Crippen LogP contribution >= 0.6 is 0 Å². The summed E-state index contributed by atoms with van der Waals surface area (Å²) < 4.78 is 0. The Balaban J connectivity index is -0.0000000120. The molecule has 0 saturated carbocycles. The van der Waals surface area contributed by atoms with E-state index in [1.807, 2.05) is 13.8 Å². The molecule has 0 rings (SSSR count). The van der Waals surface area contributed by atoms with Crippen LogP contribution in [0.2, 0.25) is 0 Å². The minimum absolute atomic E-state index is 0. The summed E-state index contributed by atoms with van der Waals surface area (Å²) in [7, 11) is 0. The fraction of sp³-hybridized carbons (Fsp3) is 0.800. The first kappa shape index (κ1) is 53.1. The molecule has 0 aliphatic carbocycles. The van der Waals surface area contributed by atoms with Crippen LogP contribution < -0.4 is 5.11 Å². The molecule has 0 aromatic rings. The van der Waals surface area contributed by atoms with Crippen molar-refractivity contribution in [3.05, 3.63) is 30.8 Å². The number of carbonyl (C=O) groups excluding carboxylic acids is 1. The maximum atomic E-state index is 9.70. The van der Waals surface area contributed by atoms with E-state index in [1.165, 1.54) is 0 Å². The van der Waals surface area contributed by atoms with E-state index in [0.717, 1.165) is 0 Å². The standard InChI is InChI=1S/C5H10O2.Co.5H2N/c1-4(2)3-5(6)7;;;;;;/h4H,3H2,1-2H3,(H,6,7);;5*1H2/q;+3;5*-1/p-1. The van der Waals surface area contributed by atoms with Gasteiger partial charge in [-0.25, -0.2) is 0 Å². The van der Waals surface area contributed by atoms with Crippen LogP contribution in [0.5, 0.6) is 0 Å². The third-order valence-electron chi connectivity index (χ3n) is 0.575. The molecule has 0 heterocycles. The van der Waals surface area contributed by atoms with Gasteiger partial charge in [0, 0.05) is 5.97 Å². The van der Waals surface area contributed by atoms with Crippen molar-refractivity contribution in [3.8, 4) is 0 Å². The fourth-order valence-corrected chi connectivity index (χ4v) is 0.333. The fourth-order valence-electron chi connectivity index (χ4n) is 0.333. The number of hydrogen-bond donors (Lipinski definition) is 0. The predicted molar refractivity (Wildman–Crippen MR) is 50.9 cm³/mol. The summed E-state index contributed by atoms with van der Waals surface area (Å²) >= 11 is 0. The maximum absolute atomic E-state index is 9.70. The molecule has 13 heavy (non-hydrogen) atoms. The van der Waals surface area contributed by atoms with Gasteiger partial charge in [-0.15, -0.1) is 0 Å². The van der Waals surface area contributed by atoms with Crippen LogP contribution in [0.4, 0.5) is 0 Å². The first-order chi connectivity index (χ1) is 3.13. The average Bonchev–Trinajstić information content (AvgIpc) is 1.27. The van der Waals surface area contributed by atoms with Gasteiger partial charge in [0.2, 0.25) is 0 Å². The van der Waals surface area contributed by atoms with Crippen molar-refractivity contribution in [2.24, 2.45) is 5.92 Å². The summed E-state index contributed by atoms with van der Waals surface area (Å²) in [4.78, 5) is 9.70. The average molecular weight is 240 g/mol. The number of aliphatic carboxylic acids is 1. The number of rotatable bonds is 2. The van der Waals surface area contributed by atoms with Crippen LogP contribution in [0.15, 0.2) is 0 Å². The van der Waals surface area contributed by atoms with Crippen molar-refractivity contribution in [2.75, 3.05) is 0 Å². The van der Waals surface area contributed by atoms with Crippen molar-refractivity contribution in [3.63, 3.8) is 0 Å². The summed E-state index contributed by atoms with van der Waals surface area (Å²) in [5.41, 5.74) is 0. The van der Waals surface area contributed by atoms with Gasteiger partial charge in [0.1, 0.15) is 0 Å². The number of carboxylic acid groups (broad SMARTS) is 1. The van der Waals surface area contributed by atoms with Crippen LogP contribution in [0.1, 0.15) is 20.3 Å². The Kier molecular flexibility index (Phi) is 122. The second-order valence-electron chi connectivity index (χ2n) is 1.97. The Morgan fingerprint density at radius 3 is 1.31 bits per heavy atom. The molecule has 0 aliphatic rings. The second-order valence-corrected chi connectivity index (χ2v) is 1.97. The van der Waals surface area contributed by atoms with Crippen molar-refractivity contribution in [2.45, 2.75) is 20.3 Å². The van der Waals surface area contributed by atoms with Gasteiger partial charge in [0.15, 0.2) is 0 Å². The van der Waals surface area contributed by atoms with E-state index < -0.39 is 5.97 Å². The molecule has 10 N–H and O–H groups in total. The molecule has 0 aromatic heterocycles. The summed E-state index contributed by atoms with van der Waals surface area (Å²) in [6, 6.07) is 0. The Bertz CT molecular complexity index is 83.3. The van der Waals surface area contributed by atoms with E-state index in [2.05, 4.69) is 0 Å². The molecule has 7 nitrogen and oxygen atoms in total. The van der Waals surface area contributed by atoms with E-state index in [0.29, 0.717) is 0 Å². The summed E-state index contributed by atoms with van der Waals surface area (Å²) in [6.45, 7) is 3.69. The number of carbonyl (C=O) groups is 1. The SMILES string of the molecule is CC(C)CC(=O)[O-].[Co+3].[NH2-].[NH2-].[NH2-].[NH2-].[NH2-]. The summed E-state index contributed by atoms with van der Waals surface area (Å²) in [6.07, 6.45) is 0.167. The van der Waals surface area contributed by atoms with E-state index >= 15 is 0 Å². The summed E-state index contributed by atoms with van der Waals surface area (Å²) in [5, 5.41) is 9.70. The first-order valence-corrected chi connectivity index (χ1v) is 2.32. The van der Waals surface area contributed by atoms with E-state index in [9.17, 15) is 9.90 Å². The van der Waals surface area contributed by atoms with Crippen LogP contribution in [0.25, 0.3) is 30.8 Å². The quantitative estimate of drug-likeness (QED) is 0.710. The zero-order chi connectivity index (χ0) is 5.86. The molecule has 0 unspecified atom stereocenters. The topological polar surface area (TPSA) is 208 Å². The van der Waals surface area contributed by atoms with Crippen molar-refractivity contribution >= 4 is 5.97 Å². The minimum Gasteiger partial charge on any atom is -0.693 e. The van der Waals surface area contributed by atoms with Gasteiger partial charge in [-0.3, -0.25) is 0 Å². The van der Waals surface area contributed by atoms with Gasteiger partial charge in [0.25, 0.3) is 0 Å². The smallest absolute Gasteiger partial charge is 0.693 e. The van der Waals surface area contributed by atoms with Crippen LogP contribution in [0.3, 0.4) is 0 Å². The Morgan fingerprint density at radius 1 is 1.08 bits per heavy atom. The summed E-state index contributed by atoms with van der Waals surface area (Å²) in [5.74, 6) is -0.750. The normalized spacial score (nSPS) is 5.15. The van der Waals surface area contributed by atoms with Gasteiger partial charge in [0.05, 0.1) is 0 Å². The second kappa shape index (κ2) is 29.8. The van der Waals surface area contributed by atoms with Gasteiger partial charge in [-0.05, 0) is 12.3 Å². The molecular weight excluding hydrogens is 221 g/mol. The molecule has 0 saturated heterocycles. The molecule has 0 fully saturated rings. The third kappa shape index (κ3) is 78.9. The van der Waals surface area contributed by atoms with Gasteiger partial charge < -0.3 is 40.7 Å². The molecule has 88 valence electrons. The molecule has 0 spiro atoms. The largest absolute Gasteiger partial charge is 3.00 e. The number of hydrogen-bond acceptors (Lipinski definition) is 2. The minimum atomic E-state index is -0.963. The molecule has 0 atom stereocenters. The van der Waals surface area contributed by atoms with Gasteiger partial charge >= 0.3 is 16.8 Å². The number of carboxylic acids is 1. The maximum Gasteiger partial charge on any atom is 3.00 e. The zero-order valence-electron chi connectivity index (χ0n) is 7.82. The van der Waals surface area contributed by atoms with Gasteiger partial charge in [-0.2, -0.15) is 0 Å². The van der Waals surface area contributed by atoms with E-state index in [-0.39, 0.29) is 59.9 Å². The molecule has 8 heteroatoms. The number of nitrogens with two attached hydrogens (primary N) is 5. The van der Waals surface area contributed by atoms with Crippen molar-refractivity contribution < 1.29 is 26.7 Å². The Hall–Kier alpha value is -0.224. The predicted octanol–water partition coefficient (Wildman–Crippen LogP) is 3.37. The molecule has 0 bridgehead atoms. The van der Waals surface area contributed by atoms with E-state index in [4.69, 9.17) is 0 Å². The molecule has 0 aromatic carbocycles.